The largest absolute Gasteiger partial charge is 0.328 e. The Balaban J connectivity index is 0.00000256. The SMILES string of the molecule is CCc1ccc(C2CNCCN2C(=O)c2cc(=O)n(-c3ccc(C)cc3)[nH]2)cc1.Cl. The van der Waals surface area contributed by atoms with Crippen LogP contribution in [0.2, 0.25) is 0 Å². The predicted octanol–water partition coefficient (Wildman–Crippen LogP) is 3.24. The highest BCUT2D eigenvalue weighted by atomic mass is 35.5. The lowest BCUT2D eigenvalue weighted by Gasteiger charge is -2.36. The molecule has 4 rings (SSSR count). The Hall–Kier alpha value is -2.83. The molecule has 2 N–H and O–H groups in total. The fourth-order valence-corrected chi connectivity index (χ4v) is 3.77. The topological polar surface area (TPSA) is 70.1 Å². The maximum atomic E-state index is 13.3. The highest BCUT2D eigenvalue weighted by molar-refractivity contribution is 5.92. The Morgan fingerprint density at radius 3 is 2.47 bits per heavy atom. The minimum atomic E-state index is -0.240. The van der Waals surface area contributed by atoms with Gasteiger partial charge in [0.1, 0.15) is 5.69 Å². The molecule has 0 radical (unpaired) electrons. The van der Waals surface area contributed by atoms with Gasteiger partial charge in [0.25, 0.3) is 11.5 Å². The summed E-state index contributed by atoms with van der Waals surface area (Å²) in [6.07, 6.45) is 0.986. The van der Waals surface area contributed by atoms with Gasteiger partial charge in [-0.25, -0.2) is 4.68 Å². The molecule has 0 bridgehead atoms. The standard InChI is InChI=1S/C23H26N4O2.ClH/c1-3-17-6-8-18(9-7-17)21-15-24-12-13-26(21)23(29)20-14-22(28)27(25-20)19-10-4-16(2)5-11-19;/h4-11,14,21,24-25H,3,12-13,15H2,1-2H3;1H. The molecule has 0 saturated carbocycles. The molecule has 1 saturated heterocycles. The van der Waals surface area contributed by atoms with E-state index in [2.05, 4.69) is 41.6 Å². The van der Waals surface area contributed by atoms with Crippen LogP contribution in [0.5, 0.6) is 0 Å². The smallest absolute Gasteiger partial charge is 0.272 e. The maximum Gasteiger partial charge on any atom is 0.272 e. The fourth-order valence-electron chi connectivity index (χ4n) is 3.77. The lowest BCUT2D eigenvalue weighted by Crippen LogP contribution is -2.48. The van der Waals surface area contributed by atoms with Crippen molar-refractivity contribution in [3.05, 3.63) is 87.3 Å². The number of piperazine rings is 1. The van der Waals surface area contributed by atoms with Crippen molar-refractivity contribution in [3.63, 3.8) is 0 Å². The zero-order valence-corrected chi connectivity index (χ0v) is 18.0. The minimum absolute atomic E-state index is 0. The van der Waals surface area contributed by atoms with Crippen LogP contribution in [0.1, 0.15) is 40.1 Å². The number of aromatic nitrogens is 2. The number of hydrogen-bond donors (Lipinski definition) is 2. The zero-order valence-electron chi connectivity index (χ0n) is 17.2. The number of carbonyl (C=O) groups excluding carboxylic acids is 1. The van der Waals surface area contributed by atoms with Gasteiger partial charge < -0.3 is 10.2 Å². The van der Waals surface area contributed by atoms with Crippen molar-refractivity contribution in [2.45, 2.75) is 26.3 Å². The van der Waals surface area contributed by atoms with E-state index in [1.807, 2.05) is 36.1 Å². The van der Waals surface area contributed by atoms with Crippen LogP contribution in [0.15, 0.2) is 59.4 Å². The molecular weight excluding hydrogens is 400 g/mol. The number of halogens is 1. The van der Waals surface area contributed by atoms with Gasteiger partial charge in [-0.15, -0.1) is 12.4 Å². The van der Waals surface area contributed by atoms with Crippen LogP contribution in [0, 0.1) is 6.92 Å². The molecule has 1 fully saturated rings. The molecule has 1 aliphatic heterocycles. The number of benzene rings is 2. The Kier molecular flexibility index (Phi) is 6.80. The molecule has 2 heterocycles. The van der Waals surface area contributed by atoms with Crippen molar-refractivity contribution in [1.82, 2.24) is 20.0 Å². The van der Waals surface area contributed by atoms with Gasteiger partial charge in [-0.2, -0.15) is 0 Å². The lowest BCUT2D eigenvalue weighted by molar-refractivity contribution is 0.0627. The number of hydrogen-bond acceptors (Lipinski definition) is 3. The van der Waals surface area contributed by atoms with Gasteiger partial charge in [-0.05, 0) is 36.6 Å². The molecule has 1 atom stereocenters. The third-order valence-electron chi connectivity index (χ3n) is 5.52. The van der Waals surface area contributed by atoms with E-state index in [0.717, 1.165) is 24.1 Å². The monoisotopic (exact) mass is 426 g/mol. The van der Waals surface area contributed by atoms with Crippen LogP contribution < -0.4 is 10.9 Å². The first-order chi connectivity index (χ1) is 14.1. The van der Waals surface area contributed by atoms with Gasteiger partial charge in [0, 0.05) is 25.7 Å². The number of aryl methyl sites for hydroxylation is 2. The van der Waals surface area contributed by atoms with E-state index >= 15 is 0 Å². The maximum absolute atomic E-state index is 13.3. The molecular formula is C23H27ClN4O2. The van der Waals surface area contributed by atoms with Crippen LogP contribution in [-0.2, 0) is 6.42 Å². The molecule has 6 nitrogen and oxygen atoms in total. The van der Waals surface area contributed by atoms with Gasteiger partial charge in [0.05, 0.1) is 11.7 Å². The van der Waals surface area contributed by atoms with Crippen LogP contribution >= 0.6 is 12.4 Å². The number of carbonyl (C=O) groups is 1. The van der Waals surface area contributed by atoms with Crippen LogP contribution in [0.25, 0.3) is 5.69 Å². The summed E-state index contributed by atoms with van der Waals surface area (Å²) in [5.74, 6) is -0.154. The highest BCUT2D eigenvalue weighted by Gasteiger charge is 2.30. The minimum Gasteiger partial charge on any atom is -0.328 e. The second-order valence-electron chi connectivity index (χ2n) is 7.49. The van der Waals surface area contributed by atoms with Crippen LogP contribution in [-0.4, -0.2) is 40.2 Å². The van der Waals surface area contributed by atoms with Crippen molar-refractivity contribution < 1.29 is 4.79 Å². The Morgan fingerprint density at radius 2 is 1.80 bits per heavy atom. The molecule has 0 aliphatic carbocycles. The zero-order chi connectivity index (χ0) is 20.4. The van der Waals surface area contributed by atoms with E-state index < -0.39 is 0 Å². The Bertz CT molecular complexity index is 1050. The highest BCUT2D eigenvalue weighted by Crippen LogP contribution is 2.24. The van der Waals surface area contributed by atoms with E-state index in [1.165, 1.54) is 16.3 Å². The molecule has 30 heavy (non-hydrogen) atoms. The first-order valence-corrected chi connectivity index (χ1v) is 10.1. The quantitative estimate of drug-likeness (QED) is 0.672. The van der Waals surface area contributed by atoms with E-state index in [1.54, 1.807) is 0 Å². The average Bonchev–Trinajstić information content (AvgIpc) is 3.15. The number of nitrogens with one attached hydrogen (secondary N) is 2. The third-order valence-corrected chi connectivity index (χ3v) is 5.52. The van der Waals surface area contributed by atoms with Gasteiger partial charge in [-0.1, -0.05) is 48.9 Å². The molecule has 1 unspecified atom stereocenters. The van der Waals surface area contributed by atoms with Gasteiger partial charge >= 0.3 is 0 Å². The van der Waals surface area contributed by atoms with E-state index in [0.29, 0.717) is 24.5 Å². The normalized spacial score (nSPS) is 16.2. The summed E-state index contributed by atoms with van der Waals surface area (Å²) in [6.45, 7) is 6.14. The first-order valence-electron chi connectivity index (χ1n) is 10.1. The summed E-state index contributed by atoms with van der Waals surface area (Å²) in [4.78, 5) is 27.6. The molecule has 1 aromatic heterocycles. The Labute approximate surface area is 182 Å². The first kappa shape index (κ1) is 21.9. The van der Waals surface area contributed by atoms with Crippen LogP contribution in [0.4, 0.5) is 0 Å². The molecule has 0 spiro atoms. The number of rotatable bonds is 4. The van der Waals surface area contributed by atoms with Gasteiger partial charge in [0.15, 0.2) is 0 Å². The van der Waals surface area contributed by atoms with Crippen molar-refractivity contribution in [2.75, 3.05) is 19.6 Å². The van der Waals surface area contributed by atoms with Crippen molar-refractivity contribution >= 4 is 18.3 Å². The molecule has 2 aromatic carbocycles. The van der Waals surface area contributed by atoms with E-state index in [9.17, 15) is 9.59 Å². The fraction of sp³-hybridized carbons (Fsp3) is 0.304. The number of H-pyrrole nitrogens is 1. The summed E-state index contributed by atoms with van der Waals surface area (Å²) in [7, 11) is 0. The summed E-state index contributed by atoms with van der Waals surface area (Å²) in [5.41, 5.74) is 4.27. The summed E-state index contributed by atoms with van der Waals surface area (Å²) in [6, 6.07) is 17.4. The van der Waals surface area contributed by atoms with E-state index in [-0.39, 0.29) is 29.9 Å². The summed E-state index contributed by atoms with van der Waals surface area (Å²) >= 11 is 0. The predicted molar refractivity (Wildman–Crippen MR) is 121 cm³/mol. The van der Waals surface area contributed by atoms with Crippen LogP contribution in [0.3, 0.4) is 0 Å². The molecule has 158 valence electrons. The van der Waals surface area contributed by atoms with Gasteiger partial charge in [-0.3, -0.25) is 14.7 Å². The van der Waals surface area contributed by atoms with Crippen molar-refractivity contribution in [3.8, 4) is 5.69 Å². The molecule has 3 aromatic rings. The second-order valence-corrected chi connectivity index (χ2v) is 7.49. The number of aromatic amines is 1. The lowest BCUT2D eigenvalue weighted by atomic mass is 10.0. The molecule has 1 amide bonds. The summed E-state index contributed by atoms with van der Waals surface area (Å²) < 4.78 is 1.42. The van der Waals surface area contributed by atoms with Crippen molar-refractivity contribution in [1.29, 1.82) is 0 Å². The van der Waals surface area contributed by atoms with E-state index in [4.69, 9.17) is 0 Å². The Morgan fingerprint density at radius 1 is 1.10 bits per heavy atom. The van der Waals surface area contributed by atoms with Crippen molar-refractivity contribution in [2.24, 2.45) is 0 Å². The number of amides is 1. The number of nitrogens with zero attached hydrogens (tertiary/aromatic N) is 2. The third kappa shape index (κ3) is 4.35. The molecule has 1 aliphatic rings. The van der Waals surface area contributed by atoms with Gasteiger partial charge in [0.2, 0.25) is 0 Å². The second kappa shape index (κ2) is 9.32. The average molecular weight is 427 g/mol. The summed E-state index contributed by atoms with van der Waals surface area (Å²) in [5, 5.41) is 6.37. The molecule has 7 heteroatoms.